The first-order chi connectivity index (χ1) is 9.99. The summed E-state index contributed by atoms with van der Waals surface area (Å²) in [4.78, 5) is 14.4. The summed E-state index contributed by atoms with van der Waals surface area (Å²) in [7, 11) is -0.891. The molecule has 4 nitrogen and oxygen atoms in total. The van der Waals surface area contributed by atoms with E-state index in [1.165, 1.54) is 0 Å². The van der Waals surface area contributed by atoms with Crippen molar-refractivity contribution in [1.29, 1.82) is 0 Å². The van der Waals surface area contributed by atoms with E-state index in [2.05, 4.69) is 19.2 Å². The molecule has 3 atom stereocenters. The standard InChI is InChI=1S/C16H24N2O2S/c1-12(2)11-14-16(19)18(9-10-21(3)20)15(17-14)13-7-5-4-6-8-13/h4-8,12,14-15,17H,9-11H2,1-3H3. The van der Waals surface area contributed by atoms with Crippen LogP contribution in [-0.2, 0) is 15.6 Å². The van der Waals surface area contributed by atoms with Crippen molar-refractivity contribution in [2.24, 2.45) is 5.92 Å². The van der Waals surface area contributed by atoms with Crippen LogP contribution in [0.5, 0.6) is 0 Å². The van der Waals surface area contributed by atoms with Gasteiger partial charge in [0.1, 0.15) is 6.17 Å². The zero-order valence-corrected chi connectivity index (χ0v) is 13.7. The third-order valence-electron chi connectivity index (χ3n) is 3.69. The largest absolute Gasteiger partial charge is 0.321 e. The van der Waals surface area contributed by atoms with Gasteiger partial charge in [-0.05, 0) is 17.9 Å². The third-order valence-corrected chi connectivity index (χ3v) is 4.45. The fourth-order valence-corrected chi connectivity index (χ4v) is 3.15. The first-order valence-corrected chi connectivity index (χ1v) is 9.13. The molecule has 0 bridgehead atoms. The summed E-state index contributed by atoms with van der Waals surface area (Å²) in [6.07, 6.45) is 2.40. The number of amides is 1. The van der Waals surface area contributed by atoms with Crippen molar-refractivity contribution in [3.05, 3.63) is 35.9 Å². The number of hydrogen-bond donors (Lipinski definition) is 1. The van der Waals surface area contributed by atoms with E-state index in [0.717, 1.165) is 12.0 Å². The van der Waals surface area contributed by atoms with Crippen molar-refractivity contribution in [1.82, 2.24) is 10.2 Å². The van der Waals surface area contributed by atoms with E-state index in [9.17, 15) is 9.00 Å². The van der Waals surface area contributed by atoms with Gasteiger partial charge in [0.15, 0.2) is 0 Å². The zero-order chi connectivity index (χ0) is 15.4. The van der Waals surface area contributed by atoms with Gasteiger partial charge in [0.2, 0.25) is 5.91 Å². The van der Waals surface area contributed by atoms with Crippen LogP contribution in [0.3, 0.4) is 0 Å². The summed E-state index contributed by atoms with van der Waals surface area (Å²) >= 11 is 0. The van der Waals surface area contributed by atoms with E-state index >= 15 is 0 Å². The van der Waals surface area contributed by atoms with E-state index in [1.54, 1.807) is 6.26 Å². The van der Waals surface area contributed by atoms with Crippen molar-refractivity contribution in [3.8, 4) is 0 Å². The van der Waals surface area contributed by atoms with Gasteiger partial charge in [0.05, 0.1) is 6.04 Å². The molecule has 1 aromatic rings. The molecule has 1 aliphatic rings. The average Bonchev–Trinajstić information content (AvgIpc) is 2.74. The number of carbonyl (C=O) groups is 1. The van der Waals surface area contributed by atoms with Gasteiger partial charge >= 0.3 is 0 Å². The van der Waals surface area contributed by atoms with Crippen molar-refractivity contribution >= 4 is 16.7 Å². The van der Waals surface area contributed by atoms with E-state index in [0.29, 0.717) is 18.2 Å². The van der Waals surface area contributed by atoms with Crippen molar-refractivity contribution in [2.45, 2.75) is 32.5 Å². The van der Waals surface area contributed by atoms with Gasteiger partial charge in [-0.1, -0.05) is 44.2 Å². The van der Waals surface area contributed by atoms with Crippen LogP contribution in [0, 0.1) is 5.92 Å². The second-order valence-electron chi connectivity index (χ2n) is 5.97. The van der Waals surface area contributed by atoms with Crippen LogP contribution in [-0.4, -0.2) is 39.6 Å². The molecule has 116 valence electrons. The highest BCUT2D eigenvalue weighted by Crippen LogP contribution is 2.27. The van der Waals surface area contributed by atoms with Crippen LogP contribution in [0.4, 0.5) is 0 Å². The van der Waals surface area contributed by atoms with Crippen molar-refractivity contribution in [3.63, 3.8) is 0 Å². The second-order valence-corrected chi connectivity index (χ2v) is 7.53. The molecule has 1 aromatic carbocycles. The molecule has 1 amide bonds. The van der Waals surface area contributed by atoms with Gasteiger partial charge in [-0.3, -0.25) is 14.3 Å². The Kier molecular flexibility index (Phi) is 5.53. The number of nitrogens with one attached hydrogen (secondary N) is 1. The van der Waals surface area contributed by atoms with Crippen LogP contribution in [0.1, 0.15) is 32.0 Å². The Labute approximate surface area is 129 Å². The monoisotopic (exact) mass is 308 g/mol. The minimum atomic E-state index is -0.891. The molecule has 0 aromatic heterocycles. The predicted octanol–water partition coefficient (Wildman–Crippen LogP) is 1.91. The summed E-state index contributed by atoms with van der Waals surface area (Å²) in [5, 5.41) is 3.44. The molecule has 21 heavy (non-hydrogen) atoms. The maximum absolute atomic E-state index is 12.6. The number of carbonyl (C=O) groups excluding carboxylic acids is 1. The van der Waals surface area contributed by atoms with Crippen molar-refractivity contribution in [2.75, 3.05) is 18.6 Å². The highest BCUT2D eigenvalue weighted by Gasteiger charge is 2.39. The average molecular weight is 308 g/mol. The highest BCUT2D eigenvalue weighted by atomic mass is 32.2. The Morgan fingerprint density at radius 3 is 2.52 bits per heavy atom. The lowest BCUT2D eigenvalue weighted by Gasteiger charge is -2.24. The molecule has 0 saturated carbocycles. The van der Waals surface area contributed by atoms with E-state index in [-0.39, 0.29) is 18.1 Å². The van der Waals surface area contributed by atoms with Crippen LogP contribution in [0.15, 0.2) is 30.3 Å². The maximum atomic E-state index is 12.6. The lowest BCUT2D eigenvalue weighted by molar-refractivity contribution is -0.130. The van der Waals surface area contributed by atoms with E-state index < -0.39 is 10.8 Å². The Balaban J connectivity index is 2.18. The van der Waals surface area contributed by atoms with Gasteiger partial charge in [-0.25, -0.2) is 0 Å². The molecule has 1 fully saturated rings. The van der Waals surface area contributed by atoms with Crippen LogP contribution >= 0.6 is 0 Å². The zero-order valence-electron chi connectivity index (χ0n) is 12.9. The summed E-state index contributed by atoms with van der Waals surface area (Å²) in [5.74, 6) is 1.11. The lowest BCUT2D eigenvalue weighted by atomic mass is 10.0. The van der Waals surface area contributed by atoms with Gasteiger partial charge in [-0.2, -0.15) is 0 Å². The quantitative estimate of drug-likeness (QED) is 0.873. The number of rotatable bonds is 6. The van der Waals surface area contributed by atoms with Crippen LogP contribution in [0.25, 0.3) is 0 Å². The van der Waals surface area contributed by atoms with Gasteiger partial charge < -0.3 is 4.90 Å². The Morgan fingerprint density at radius 1 is 1.29 bits per heavy atom. The molecular formula is C16H24N2O2S. The summed E-state index contributed by atoms with van der Waals surface area (Å²) in [6.45, 7) is 4.77. The molecular weight excluding hydrogens is 284 g/mol. The van der Waals surface area contributed by atoms with E-state index in [1.807, 2.05) is 35.2 Å². The van der Waals surface area contributed by atoms with E-state index in [4.69, 9.17) is 0 Å². The van der Waals surface area contributed by atoms with Gasteiger partial charge in [0, 0.05) is 29.4 Å². The molecule has 1 N–H and O–H groups in total. The second kappa shape index (κ2) is 7.18. The predicted molar refractivity (Wildman–Crippen MR) is 86.2 cm³/mol. The molecule has 1 heterocycles. The SMILES string of the molecule is CC(C)CC1NC(c2ccccc2)N(CCS(C)=O)C1=O. The third kappa shape index (κ3) is 4.14. The molecule has 1 aliphatic heterocycles. The first-order valence-electron chi connectivity index (χ1n) is 7.40. The fraction of sp³-hybridized carbons (Fsp3) is 0.562. The van der Waals surface area contributed by atoms with Gasteiger partial charge in [-0.15, -0.1) is 0 Å². The molecule has 5 heteroatoms. The minimum absolute atomic E-state index is 0.106. The van der Waals surface area contributed by atoms with Crippen LogP contribution in [0.2, 0.25) is 0 Å². The molecule has 0 aliphatic carbocycles. The number of hydrogen-bond acceptors (Lipinski definition) is 3. The van der Waals surface area contributed by atoms with Crippen molar-refractivity contribution < 1.29 is 9.00 Å². The fourth-order valence-electron chi connectivity index (χ4n) is 2.70. The normalized spacial score (nSPS) is 23.8. The first kappa shape index (κ1) is 16.2. The topological polar surface area (TPSA) is 49.4 Å². The minimum Gasteiger partial charge on any atom is -0.321 e. The van der Waals surface area contributed by atoms with Crippen LogP contribution < -0.4 is 5.32 Å². The Bertz CT molecular complexity index is 504. The lowest BCUT2D eigenvalue weighted by Crippen LogP contribution is -2.34. The maximum Gasteiger partial charge on any atom is 0.241 e. The number of nitrogens with zero attached hydrogens (tertiary/aromatic N) is 1. The molecule has 0 spiro atoms. The molecule has 3 unspecified atom stereocenters. The highest BCUT2D eigenvalue weighted by molar-refractivity contribution is 7.84. The molecule has 1 saturated heterocycles. The Hall–Kier alpha value is -1.20. The Morgan fingerprint density at radius 2 is 1.95 bits per heavy atom. The summed E-state index contributed by atoms with van der Waals surface area (Å²) in [5.41, 5.74) is 1.08. The summed E-state index contributed by atoms with van der Waals surface area (Å²) in [6, 6.07) is 9.84. The smallest absolute Gasteiger partial charge is 0.241 e. The summed E-state index contributed by atoms with van der Waals surface area (Å²) < 4.78 is 11.4. The molecule has 2 rings (SSSR count). The number of benzene rings is 1. The molecule has 0 radical (unpaired) electrons. The van der Waals surface area contributed by atoms with Gasteiger partial charge in [0.25, 0.3) is 0 Å².